The number of carbonyl (C=O) groups is 1. The Morgan fingerprint density at radius 1 is 1.28 bits per heavy atom. The number of halogens is 1. The summed E-state index contributed by atoms with van der Waals surface area (Å²) in [7, 11) is 0. The van der Waals surface area contributed by atoms with Crippen LogP contribution in [0.4, 0.5) is 5.69 Å². The number of fused-ring (bicyclic) bond motifs is 1. The fourth-order valence-corrected chi connectivity index (χ4v) is 3.03. The van der Waals surface area contributed by atoms with Crippen molar-refractivity contribution in [2.45, 2.75) is 39.2 Å². The molecule has 2 aromatic rings. The molecule has 1 aliphatic heterocycles. The first-order valence-corrected chi connectivity index (χ1v) is 8.71. The second kappa shape index (κ2) is 6.96. The normalized spacial score (nSPS) is 15.0. The van der Waals surface area contributed by atoms with Gasteiger partial charge in [0.05, 0.1) is 0 Å². The lowest BCUT2D eigenvalue weighted by Gasteiger charge is -2.33. The molecule has 1 N–H and O–H groups in total. The average Bonchev–Trinajstić information content (AvgIpc) is 2.54. The van der Waals surface area contributed by atoms with Gasteiger partial charge in [-0.1, -0.05) is 11.6 Å². The van der Waals surface area contributed by atoms with E-state index in [1.54, 1.807) is 24.3 Å². The van der Waals surface area contributed by atoms with Crippen LogP contribution in [0, 0.1) is 6.92 Å². The maximum absolute atomic E-state index is 12.0. The van der Waals surface area contributed by atoms with Gasteiger partial charge in [0, 0.05) is 16.8 Å². The number of hydrogen-bond acceptors (Lipinski definition) is 3. The fraction of sp³-hybridized carbons (Fsp3) is 0.350. The third kappa shape index (κ3) is 4.45. The van der Waals surface area contributed by atoms with Gasteiger partial charge in [-0.2, -0.15) is 0 Å². The zero-order valence-electron chi connectivity index (χ0n) is 14.7. The minimum atomic E-state index is -0.223. The Bertz CT molecular complexity index is 784. The van der Waals surface area contributed by atoms with Crippen molar-refractivity contribution in [2.24, 2.45) is 0 Å². The summed E-state index contributed by atoms with van der Waals surface area (Å²) in [5.74, 6) is 1.27. The Morgan fingerprint density at radius 3 is 2.72 bits per heavy atom. The summed E-state index contributed by atoms with van der Waals surface area (Å²) in [5, 5.41) is 3.40. The second-order valence-corrected chi connectivity index (χ2v) is 7.36. The topological polar surface area (TPSA) is 47.6 Å². The van der Waals surface area contributed by atoms with E-state index in [9.17, 15) is 4.79 Å². The molecule has 132 valence electrons. The number of carbonyl (C=O) groups excluding carboxylic acids is 1. The van der Waals surface area contributed by atoms with E-state index in [4.69, 9.17) is 21.1 Å². The van der Waals surface area contributed by atoms with Crippen LogP contribution < -0.4 is 14.8 Å². The van der Waals surface area contributed by atoms with E-state index in [-0.39, 0.29) is 18.1 Å². The first-order valence-electron chi connectivity index (χ1n) is 8.33. The molecule has 0 unspecified atom stereocenters. The number of nitrogens with one attached hydrogen (secondary N) is 1. The molecule has 4 nitrogen and oxygen atoms in total. The van der Waals surface area contributed by atoms with Crippen molar-refractivity contribution in [2.75, 3.05) is 11.9 Å². The summed E-state index contributed by atoms with van der Waals surface area (Å²) in [6.07, 6.45) is 1.98. The molecule has 0 bridgehead atoms. The minimum absolute atomic E-state index is 0.0652. The van der Waals surface area contributed by atoms with Gasteiger partial charge in [0.15, 0.2) is 6.61 Å². The molecule has 0 spiro atoms. The molecule has 0 atom stereocenters. The van der Waals surface area contributed by atoms with Crippen LogP contribution in [-0.2, 0) is 11.2 Å². The lowest BCUT2D eigenvalue weighted by atomic mass is 9.92. The molecule has 0 radical (unpaired) electrons. The first-order chi connectivity index (χ1) is 11.8. The summed E-state index contributed by atoms with van der Waals surface area (Å²) in [6.45, 7) is 6.14. The lowest BCUT2D eigenvalue weighted by Crippen LogP contribution is -2.32. The van der Waals surface area contributed by atoms with Gasteiger partial charge in [-0.15, -0.1) is 0 Å². The summed E-state index contributed by atoms with van der Waals surface area (Å²) in [4.78, 5) is 12.0. The third-order valence-corrected chi connectivity index (χ3v) is 4.52. The molecule has 1 aliphatic rings. The van der Waals surface area contributed by atoms with Crippen LogP contribution in [-0.4, -0.2) is 18.1 Å². The molecular formula is C20H22ClNO3. The van der Waals surface area contributed by atoms with Crippen LogP contribution in [0.5, 0.6) is 11.5 Å². The van der Waals surface area contributed by atoms with E-state index >= 15 is 0 Å². The van der Waals surface area contributed by atoms with Gasteiger partial charge in [0.1, 0.15) is 17.1 Å². The van der Waals surface area contributed by atoms with Gasteiger partial charge in [-0.25, -0.2) is 0 Å². The quantitative estimate of drug-likeness (QED) is 0.855. The monoisotopic (exact) mass is 359 g/mol. The van der Waals surface area contributed by atoms with Crippen LogP contribution in [0.25, 0.3) is 0 Å². The average molecular weight is 360 g/mol. The maximum atomic E-state index is 12.0. The number of benzene rings is 2. The predicted octanol–water partition coefficient (Wildman–Crippen LogP) is 4.77. The maximum Gasteiger partial charge on any atom is 0.262 e. The van der Waals surface area contributed by atoms with E-state index in [1.165, 1.54) is 5.56 Å². The highest BCUT2D eigenvalue weighted by Crippen LogP contribution is 2.37. The largest absolute Gasteiger partial charge is 0.487 e. The Morgan fingerprint density at radius 2 is 2.00 bits per heavy atom. The Kier molecular flexibility index (Phi) is 4.91. The zero-order valence-corrected chi connectivity index (χ0v) is 15.4. The fourth-order valence-electron chi connectivity index (χ4n) is 2.90. The molecule has 0 aliphatic carbocycles. The summed E-state index contributed by atoms with van der Waals surface area (Å²) in [5.41, 5.74) is 2.85. The Balaban J connectivity index is 1.64. The zero-order chi connectivity index (χ0) is 18.0. The molecule has 0 saturated heterocycles. The van der Waals surface area contributed by atoms with Crippen molar-refractivity contribution in [3.8, 4) is 11.5 Å². The molecule has 5 heteroatoms. The summed E-state index contributed by atoms with van der Waals surface area (Å²) < 4.78 is 11.7. The molecule has 0 saturated carbocycles. The standard InChI is InChI=1S/C20H22ClNO3/c1-13-10-16(11-18-17(13)8-9-20(2,3)25-18)24-12-19(23)22-15-6-4-14(21)5-7-15/h4-7,10-11H,8-9,12H2,1-3H3,(H,22,23). The Hall–Kier alpha value is -2.20. The van der Waals surface area contributed by atoms with Gasteiger partial charge >= 0.3 is 0 Å². The highest BCUT2D eigenvalue weighted by molar-refractivity contribution is 6.30. The highest BCUT2D eigenvalue weighted by Gasteiger charge is 2.28. The number of anilines is 1. The van der Waals surface area contributed by atoms with Crippen LogP contribution in [0.3, 0.4) is 0 Å². The van der Waals surface area contributed by atoms with Crippen molar-refractivity contribution < 1.29 is 14.3 Å². The molecule has 1 amide bonds. The van der Waals surface area contributed by atoms with Gasteiger partial charge < -0.3 is 14.8 Å². The number of hydrogen-bond donors (Lipinski definition) is 1. The van der Waals surface area contributed by atoms with E-state index in [0.29, 0.717) is 16.5 Å². The number of rotatable bonds is 4. The Labute approximate surface area is 153 Å². The van der Waals surface area contributed by atoms with Crippen LogP contribution in [0.1, 0.15) is 31.4 Å². The number of ether oxygens (including phenoxy) is 2. The third-order valence-electron chi connectivity index (χ3n) is 4.27. The van der Waals surface area contributed by atoms with Crippen LogP contribution >= 0.6 is 11.6 Å². The van der Waals surface area contributed by atoms with E-state index in [0.717, 1.165) is 24.2 Å². The van der Waals surface area contributed by atoms with E-state index < -0.39 is 0 Å². The number of amides is 1. The van der Waals surface area contributed by atoms with Gasteiger partial charge in [0.2, 0.25) is 0 Å². The van der Waals surface area contributed by atoms with Gasteiger partial charge in [0.25, 0.3) is 5.91 Å². The van der Waals surface area contributed by atoms with Crippen molar-refractivity contribution in [3.05, 3.63) is 52.5 Å². The predicted molar refractivity (Wildman–Crippen MR) is 99.8 cm³/mol. The molecule has 2 aromatic carbocycles. The lowest BCUT2D eigenvalue weighted by molar-refractivity contribution is -0.118. The minimum Gasteiger partial charge on any atom is -0.487 e. The molecule has 0 aromatic heterocycles. The SMILES string of the molecule is Cc1cc(OCC(=O)Nc2ccc(Cl)cc2)cc2c1CCC(C)(C)O2. The van der Waals surface area contributed by atoms with E-state index in [1.807, 2.05) is 19.1 Å². The molecule has 0 fully saturated rings. The molecule has 3 rings (SSSR count). The molecule has 25 heavy (non-hydrogen) atoms. The van der Waals surface area contributed by atoms with E-state index in [2.05, 4.69) is 19.2 Å². The van der Waals surface area contributed by atoms with Crippen LogP contribution in [0.2, 0.25) is 5.02 Å². The van der Waals surface area contributed by atoms with Crippen LogP contribution in [0.15, 0.2) is 36.4 Å². The van der Waals surface area contributed by atoms with Gasteiger partial charge in [-0.05, 0) is 75.1 Å². The van der Waals surface area contributed by atoms with Crippen molar-refractivity contribution in [1.82, 2.24) is 0 Å². The van der Waals surface area contributed by atoms with Crippen molar-refractivity contribution in [1.29, 1.82) is 0 Å². The van der Waals surface area contributed by atoms with Crippen molar-refractivity contribution in [3.63, 3.8) is 0 Å². The number of aryl methyl sites for hydroxylation is 1. The second-order valence-electron chi connectivity index (χ2n) is 6.92. The smallest absolute Gasteiger partial charge is 0.262 e. The molecular weight excluding hydrogens is 338 g/mol. The van der Waals surface area contributed by atoms with Crippen molar-refractivity contribution >= 4 is 23.2 Å². The van der Waals surface area contributed by atoms with Gasteiger partial charge in [-0.3, -0.25) is 4.79 Å². The molecule has 1 heterocycles. The summed E-state index contributed by atoms with van der Waals surface area (Å²) >= 11 is 5.83. The first kappa shape index (κ1) is 17.6. The highest BCUT2D eigenvalue weighted by atomic mass is 35.5. The summed E-state index contributed by atoms with van der Waals surface area (Å²) in [6, 6.07) is 10.8.